The molecule has 0 aliphatic carbocycles. The molecule has 0 saturated carbocycles. The Hall–Kier alpha value is -5.30. The summed E-state index contributed by atoms with van der Waals surface area (Å²) in [6, 6.07) is 58.5. The Morgan fingerprint density at radius 3 is 0.820 bits per heavy atom. The van der Waals surface area contributed by atoms with Crippen molar-refractivity contribution in [2.24, 2.45) is 20.0 Å². The first-order valence-electron chi connectivity index (χ1n) is 16.6. The first kappa shape index (κ1) is 31.9. The van der Waals surface area contributed by atoms with E-state index in [9.17, 15) is 0 Å². The van der Waals surface area contributed by atoms with Gasteiger partial charge in [0.05, 0.1) is 22.8 Å². The average Bonchev–Trinajstić information content (AvgIpc) is 3.82. The number of rotatable bonds is 9. The summed E-state index contributed by atoms with van der Waals surface area (Å²) in [5, 5.41) is 0. The zero-order valence-corrected chi connectivity index (χ0v) is 29.4. The van der Waals surface area contributed by atoms with Crippen LogP contribution in [0.1, 0.15) is 33.4 Å². The van der Waals surface area contributed by atoms with Gasteiger partial charge in [0.15, 0.2) is 0 Å². The summed E-state index contributed by atoms with van der Waals surface area (Å²) in [6.07, 6.45) is 4.22. The van der Waals surface area contributed by atoms with Crippen LogP contribution < -0.4 is 0 Å². The summed E-state index contributed by atoms with van der Waals surface area (Å²) in [5.74, 6) is 0. The Bertz CT molecular complexity index is 2000. The highest BCUT2D eigenvalue weighted by atomic mass is 32.2. The standard InChI is InChI=1S/C44H34N4S2/c1-49-37-29-17-15-27-35(37)43(45-39(31-19-7-3-8-20-31)40(46-43)32-21-9-4-10-22-32)44(36-28-16-18-30-38(36)50-2)47-41(33-23-11-5-12-24-33)42(48-44)34-25-13-6-14-26-34/h3-30H,1-2H3. The monoisotopic (exact) mass is 682 g/mol. The normalized spacial score (nSPS) is 16.0. The van der Waals surface area contributed by atoms with Gasteiger partial charge in [-0.1, -0.05) is 158 Å². The molecule has 0 spiro atoms. The van der Waals surface area contributed by atoms with Gasteiger partial charge in [-0.25, -0.2) is 20.0 Å². The first-order valence-corrected chi connectivity index (χ1v) is 19.0. The molecule has 0 amide bonds. The molecule has 0 radical (unpaired) electrons. The van der Waals surface area contributed by atoms with Crippen molar-refractivity contribution in [3.05, 3.63) is 203 Å². The maximum Gasteiger partial charge on any atom is 0.227 e. The van der Waals surface area contributed by atoms with Crippen LogP contribution in [0.4, 0.5) is 0 Å². The molecule has 0 aromatic heterocycles. The second-order valence-electron chi connectivity index (χ2n) is 12.1. The topological polar surface area (TPSA) is 49.4 Å². The van der Waals surface area contributed by atoms with Gasteiger partial charge in [0.1, 0.15) is 0 Å². The summed E-state index contributed by atoms with van der Waals surface area (Å²) in [4.78, 5) is 25.6. The highest BCUT2D eigenvalue weighted by Gasteiger charge is 2.61. The fourth-order valence-electron chi connectivity index (χ4n) is 6.89. The van der Waals surface area contributed by atoms with Crippen molar-refractivity contribution >= 4 is 46.4 Å². The highest BCUT2D eigenvalue weighted by molar-refractivity contribution is 7.98. The molecule has 0 N–H and O–H groups in total. The number of thioether (sulfide) groups is 2. The first-order chi connectivity index (χ1) is 24.7. The van der Waals surface area contributed by atoms with Crippen molar-refractivity contribution in [2.75, 3.05) is 12.5 Å². The Morgan fingerprint density at radius 2 is 0.560 bits per heavy atom. The van der Waals surface area contributed by atoms with Gasteiger partial charge in [0.25, 0.3) is 0 Å². The van der Waals surface area contributed by atoms with Crippen LogP contribution in [0.15, 0.2) is 200 Å². The Morgan fingerprint density at radius 1 is 0.320 bits per heavy atom. The molecule has 0 bridgehead atoms. The third kappa shape index (κ3) is 5.36. The lowest BCUT2D eigenvalue weighted by Gasteiger charge is -2.39. The second-order valence-corrected chi connectivity index (χ2v) is 13.7. The summed E-state index contributed by atoms with van der Waals surface area (Å²) in [5.41, 5.74) is 6.50. The lowest BCUT2D eigenvalue weighted by atomic mass is 9.82. The zero-order chi connectivity index (χ0) is 34.0. The third-order valence-electron chi connectivity index (χ3n) is 9.18. The number of benzene rings is 6. The Kier molecular flexibility index (Phi) is 8.65. The smallest absolute Gasteiger partial charge is 0.227 e. The fourth-order valence-corrected chi connectivity index (χ4v) is 8.18. The lowest BCUT2D eigenvalue weighted by Crippen LogP contribution is -2.43. The van der Waals surface area contributed by atoms with Crippen LogP contribution >= 0.6 is 23.5 Å². The molecule has 4 nitrogen and oxygen atoms in total. The van der Waals surface area contributed by atoms with E-state index in [4.69, 9.17) is 20.0 Å². The van der Waals surface area contributed by atoms with E-state index in [2.05, 4.69) is 158 Å². The van der Waals surface area contributed by atoms with Gasteiger partial charge in [0, 0.05) is 43.2 Å². The van der Waals surface area contributed by atoms with Crippen LogP contribution in [-0.2, 0) is 11.3 Å². The molecular weight excluding hydrogens is 649 g/mol. The van der Waals surface area contributed by atoms with Gasteiger partial charge in [-0.2, -0.15) is 0 Å². The van der Waals surface area contributed by atoms with Crippen molar-refractivity contribution in [3.8, 4) is 0 Å². The van der Waals surface area contributed by atoms with Crippen molar-refractivity contribution in [1.82, 2.24) is 0 Å². The molecule has 50 heavy (non-hydrogen) atoms. The van der Waals surface area contributed by atoms with Gasteiger partial charge in [0.2, 0.25) is 11.3 Å². The molecule has 0 unspecified atom stereocenters. The molecule has 0 fully saturated rings. The van der Waals surface area contributed by atoms with Crippen molar-refractivity contribution in [3.63, 3.8) is 0 Å². The minimum atomic E-state index is -1.31. The predicted molar refractivity (Wildman–Crippen MR) is 212 cm³/mol. The number of nitrogens with zero attached hydrogens (tertiary/aromatic N) is 4. The van der Waals surface area contributed by atoms with Crippen molar-refractivity contribution < 1.29 is 0 Å². The maximum absolute atomic E-state index is 5.86. The molecule has 0 saturated heterocycles. The summed E-state index contributed by atoms with van der Waals surface area (Å²) in [6.45, 7) is 0. The molecule has 6 aromatic rings. The van der Waals surface area contributed by atoms with Crippen LogP contribution in [0.2, 0.25) is 0 Å². The molecule has 6 heteroatoms. The van der Waals surface area contributed by atoms with Crippen LogP contribution in [0.25, 0.3) is 0 Å². The van der Waals surface area contributed by atoms with E-state index in [0.717, 1.165) is 66.0 Å². The molecule has 0 atom stereocenters. The third-order valence-corrected chi connectivity index (χ3v) is 10.8. The quantitative estimate of drug-likeness (QED) is 0.143. The van der Waals surface area contributed by atoms with Crippen LogP contribution in [0.3, 0.4) is 0 Å². The van der Waals surface area contributed by atoms with E-state index in [1.54, 1.807) is 23.5 Å². The van der Waals surface area contributed by atoms with E-state index in [-0.39, 0.29) is 0 Å². The van der Waals surface area contributed by atoms with Crippen LogP contribution in [-0.4, -0.2) is 35.4 Å². The molecule has 2 heterocycles. The minimum absolute atomic E-state index is 0.813. The van der Waals surface area contributed by atoms with Gasteiger partial charge in [-0.15, -0.1) is 23.5 Å². The second kappa shape index (κ2) is 13.5. The van der Waals surface area contributed by atoms with Gasteiger partial charge < -0.3 is 0 Å². The number of hydrogen-bond donors (Lipinski definition) is 0. The zero-order valence-electron chi connectivity index (χ0n) is 27.8. The predicted octanol–water partition coefficient (Wildman–Crippen LogP) is 10.1. The fraction of sp³-hybridized carbons (Fsp3) is 0.0909. The van der Waals surface area contributed by atoms with E-state index in [1.807, 2.05) is 24.3 Å². The van der Waals surface area contributed by atoms with Crippen LogP contribution in [0, 0.1) is 0 Å². The van der Waals surface area contributed by atoms with E-state index < -0.39 is 11.3 Å². The maximum atomic E-state index is 5.86. The summed E-state index contributed by atoms with van der Waals surface area (Å²) >= 11 is 3.38. The van der Waals surface area contributed by atoms with Gasteiger partial charge in [-0.05, 0) is 24.6 Å². The van der Waals surface area contributed by atoms with Gasteiger partial charge in [-0.3, -0.25) is 0 Å². The molecule has 2 aliphatic rings. The molecule has 8 rings (SSSR count). The Balaban J connectivity index is 1.57. The van der Waals surface area contributed by atoms with E-state index >= 15 is 0 Å². The van der Waals surface area contributed by atoms with Crippen molar-refractivity contribution in [1.29, 1.82) is 0 Å². The van der Waals surface area contributed by atoms with Gasteiger partial charge >= 0.3 is 0 Å². The highest BCUT2D eigenvalue weighted by Crippen LogP contribution is 2.57. The van der Waals surface area contributed by atoms with E-state index in [0.29, 0.717) is 0 Å². The molecular formula is C44H34N4S2. The largest absolute Gasteiger partial charge is 0.243 e. The molecule has 6 aromatic carbocycles. The van der Waals surface area contributed by atoms with Crippen molar-refractivity contribution in [2.45, 2.75) is 21.1 Å². The number of aliphatic imine (C=N–C) groups is 4. The van der Waals surface area contributed by atoms with E-state index in [1.165, 1.54) is 0 Å². The molecule has 2 aliphatic heterocycles. The molecule has 242 valence electrons. The SMILES string of the molecule is CSc1ccccc1C1(C2(c3ccccc3SC)N=C(c3ccccc3)C(c3ccccc3)=N2)N=C(c2ccccc2)C(c2ccccc2)=N1. The Labute approximate surface area is 301 Å². The van der Waals surface area contributed by atoms with Crippen LogP contribution in [0.5, 0.6) is 0 Å². The number of hydrogen-bond acceptors (Lipinski definition) is 6. The summed E-state index contributed by atoms with van der Waals surface area (Å²) < 4.78 is 0. The average molecular weight is 683 g/mol. The lowest BCUT2D eigenvalue weighted by molar-refractivity contribution is 0.249. The minimum Gasteiger partial charge on any atom is -0.243 e. The summed E-state index contributed by atoms with van der Waals surface area (Å²) in [7, 11) is 0.